The molecule has 24 heavy (non-hydrogen) atoms. The second-order valence-electron chi connectivity index (χ2n) is 6.26. The minimum Gasteiger partial charge on any atom is -0.493 e. The van der Waals surface area contributed by atoms with E-state index >= 15 is 0 Å². The van der Waals surface area contributed by atoms with Gasteiger partial charge in [-0.25, -0.2) is 0 Å². The molecule has 1 aromatic carbocycles. The van der Waals surface area contributed by atoms with Gasteiger partial charge in [0.25, 0.3) is 5.91 Å². The molecule has 0 aliphatic carbocycles. The van der Waals surface area contributed by atoms with Crippen LogP contribution in [0.1, 0.15) is 50.4 Å². The van der Waals surface area contributed by atoms with Gasteiger partial charge in [-0.15, -0.1) is 0 Å². The van der Waals surface area contributed by atoms with Crippen molar-refractivity contribution in [3.05, 3.63) is 23.8 Å². The fraction of sp³-hybridized carbons (Fsp3) is 0.556. The maximum absolute atomic E-state index is 12.2. The highest BCUT2D eigenvalue weighted by molar-refractivity contribution is 5.94. The molecular formula is C18H27NO5. The largest absolute Gasteiger partial charge is 0.493 e. The van der Waals surface area contributed by atoms with Crippen molar-refractivity contribution in [2.75, 3.05) is 20.3 Å². The van der Waals surface area contributed by atoms with E-state index in [4.69, 9.17) is 14.6 Å². The number of aliphatic carboxylic acids is 1. The van der Waals surface area contributed by atoms with Gasteiger partial charge in [0.2, 0.25) is 0 Å². The fourth-order valence-corrected chi connectivity index (χ4v) is 1.95. The lowest BCUT2D eigenvalue weighted by molar-refractivity contribution is -0.147. The van der Waals surface area contributed by atoms with Gasteiger partial charge in [0, 0.05) is 12.1 Å². The molecule has 0 fully saturated rings. The molecule has 0 spiro atoms. The van der Waals surface area contributed by atoms with Crippen molar-refractivity contribution >= 4 is 11.9 Å². The second-order valence-corrected chi connectivity index (χ2v) is 6.26. The molecule has 0 radical (unpaired) electrons. The summed E-state index contributed by atoms with van der Waals surface area (Å²) in [6.45, 7) is 6.23. The molecule has 0 heterocycles. The molecule has 2 N–H and O–H groups in total. The van der Waals surface area contributed by atoms with Crippen molar-refractivity contribution in [3.8, 4) is 11.5 Å². The van der Waals surface area contributed by atoms with Crippen LogP contribution in [0, 0.1) is 5.41 Å². The summed E-state index contributed by atoms with van der Waals surface area (Å²) < 4.78 is 10.9. The molecule has 0 aliphatic rings. The number of nitrogens with one attached hydrogen (secondary N) is 1. The Morgan fingerprint density at radius 2 is 1.96 bits per heavy atom. The minimum atomic E-state index is -0.882. The smallest absolute Gasteiger partial charge is 0.309 e. The van der Waals surface area contributed by atoms with Gasteiger partial charge in [-0.3, -0.25) is 9.59 Å². The number of carbonyl (C=O) groups excluding carboxylic acids is 1. The highest BCUT2D eigenvalue weighted by atomic mass is 16.5. The standard InChI is InChI=1S/C18H27NO5/c1-5-6-11-24-14-8-7-13(12-15(14)23-4)16(20)19-10-9-18(2,3)17(21)22/h7-8,12H,5-6,9-11H2,1-4H3,(H,19,20)(H,21,22). The van der Waals surface area contributed by atoms with Gasteiger partial charge < -0.3 is 19.9 Å². The van der Waals surface area contributed by atoms with Crippen LogP contribution in [0.25, 0.3) is 0 Å². The van der Waals surface area contributed by atoms with Crippen LogP contribution in [-0.2, 0) is 4.79 Å². The predicted molar refractivity (Wildman–Crippen MR) is 91.8 cm³/mol. The van der Waals surface area contributed by atoms with Crippen molar-refractivity contribution in [1.82, 2.24) is 5.32 Å². The molecular weight excluding hydrogens is 310 g/mol. The number of carboxylic acid groups (broad SMARTS) is 1. The average molecular weight is 337 g/mol. The van der Waals surface area contributed by atoms with E-state index in [0.717, 1.165) is 12.8 Å². The quantitative estimate of drug-likeness (QED) is 0.641. The van der Waals surface area contributed by atoms with Crippen LogP contribution in [0.4, 0.5) is 0 Å². The first-order chi connectivity index (χ1) is 11.3. The number of benzene rings is 1. The number of rotatable bonds is 10. The van der Waals surface area contributed by atoms with Crippen LogP contribution in [0.15, 0.2) is 18.2 Å². The molecule has 0 saturated heterocycles. The number of amides is 1. The number of hydrogen-bond acceptors (Lipinski definition) is 4. The van der Waals surface area contributed by atoms with Crippen LogP contribution in [0.5, 0.6) is 11.5 Å². The van der Waals surface area contributed by atoms with E-state index in [-0.39, 0.29) is 12.5 Å². The Balaban J connectivity index is 2.66. The van der Waals surface area contributed by atoms with Crippen molar-refractivity contribution in [3.63, 3.8) is 0 Å². The van der Waals surface area contributed by atoms with Gasteiger partial charge in [0.1, 0.15) is 0 Å². The number of methoxy groups -OCH3 is 1. The Morgan fingerprint density at radius 3 is 2.54 bits per heavy atom. The average Bonchev–Trinajstić information content (AvgIpc) is 2.54. The zero-order chi connectivity index (χ0) is 18.2. The highest BCUT2D eigenvalue weighted by Gasteiger charge is 2.26. The normalized spacial score (nSPS) is 11.0. The first-order valence-electron chi connectivity index (χ1n) is 8.14. The number of hydrogen-bond donors (Lipinski definition) is 2. The lowest BCUT2D eigenvalue weighted by Crippen LogP contribution is -2.31. The van der Waals surface area contributed by atoms with Gasteiger partial charge in [-0.2, -0.15) is 0 Å². The summed E-state index contributed by atoms with van der Waals surface area (Å²) in [6, 6.07) is 5.00. The Morgan fingerprint density at radius 1 is 1.25 bits per heavy atom. The molecule has 1 aromatic rings. The fourth-order valence-electron chi connectivity index (χ4n) is 1.95. The predicted octanol–water partition coefficient (Wildman–Crippen LogP) is 3.10. The summed E-state index contributed by atoms with van der Waals surface area (Å²) >= 11 is 0. The van der Waals surface area contributed by atoms with Crippen molar-refractivity contribution in [2.24, 2.45) is 5.41 Å². The summed E-state index contributed by atoms with van der Waals surface area (Å²) in [4.78, 5) is 23.2. The van der Waals surface area contributed by atoms with Crippen LogP contribution in [0.2, 0.25) is 0 Å². The molecule has 0 aromatic heterocycles. The Bertz CT molecular complexity index is 569. The number of unbranched alkanes of at least 4 members (excludes halogenated alkanes) is 1. The topological polar surface area (TPSA) is 84.9 Å². The zero-order valence-corrected chi connectivity index (χ0v) is 14.8. The first-order valence-corrected chi connectivity index (χ1v) is 8.14. The monoisotopic (exact) mass is 337 g/mol. The van der Waals surface area contributed by atoms with Gasteiger partial charge in [0.15, 0.2) is 11.5 Å². The minimum absolute atomic E-state index is 0.269. The van der Waals surface area contributed by atoms with Crippen LogP contribution in [0.3, 0.4) is 0 Å². The lowest BCUT2D eigenvalue weighted by Gasteiger charge is -2.19. The van der Waals surface area contributed by atoms with Gasteiger partial charge in [-0.1, -0.05) is 13.3 Å². The summed E-state index contributed by atoms with van der Waals surface area (Å²) in [5, 5.41) is 11.8. The van der Waals surface area contributed by atoms with E-state index in [1.165, 1.54) is 7.11 Å². The summed E-state index contributed by atoms with van der Waals surface area (Å²) in [6.07, 6.45) is 2.34. The molecule has 0 aliphatic heterocycles. The summed E-state index contributed by atoms with van der Waals surface area (Å²) in [5.74, 6) is -0.0410. The SMILES string of the molecule is CCCCOc1ccc(C(=O)NCCC(C)(C)C(=O)O)cc1OC. The maximum atomic E-state index is 12.2. The van der Waals surface area contributed by atoms with Gasteiger partial charge >= 0.3 is 5.97 Å². The number of carbonyl (C=O) groups is 2. The van der Waals surface area contributed by atoms with E-state index in [9.17, 15) is 9.59 Å². The number of carboxylic acids is 1. The third kappa shape index (κ3) is 5.76. The third-order valence-corrected chi connectivity index (χ3v) is 3.80. The Labute approximate surface area is 143 Å². The second kappa shape index (κ2) is 9.15. The van der Waals surface area contributed by atoms with E-state index in [2.05, 4.69) is 12.2 Å². The molecule has 1 amide bonds. The van der Waals surface area contributed by atoms with E-state index < -0.39 is 11.4 Å². The molecule has 0 saturated carbocycles. The third-order valence-electron chi connectivity index (χ3n) is 3.80. The van der Waals surface area contributed by atoms with Crippen molar-refractivity contribution < 1.29 is 24.2 Å². The Kier molecular flexibility index (Phi) is 7.55. The lowest BCUT2D eigenvalue weighted by atomic mass is 9.90. The Hall–Kier alpha value is -2.24. The maximum Gasteiger partial charge on any atom is 0.309 e. The van der Waals surface area contributed by atoms with Crippen LogP contribution in [-0.4, -0.2) is 37.2 Å². The van der Waals surface area contributed by atoms with Crippen LogP contribution >= 0.6 is 0 Å². The number of ether oxygens (including phenoxy) is 2. The highest BCUT2D eigenvalue weighted by Crippen LogP contribution is 2.28. The zero-order valence-electron chi connectivity index (χ0n) is 14.8. The van der Waals surface area contributed by atoms with E-state index in [1.54, 1.807) is 32.0 Å². The van der Waals surface area contributed by atoms with Crippen molar-refractivity contribution in [1.29, 1.82) is 0 Å². The van der Waals surface area contributed by atoms with Gasteiger partial charge in [-0.05, 0) is 44.9 Å². The van der Waals surface area contributed by atoms with Crippen LogP contribution < -0.4 is 14.8 Å². The summed E-state index contributed by atoms with van der Waals surface area (Å²) in [7, 11) is 1.53. The van der Waals surface area contributed by atoms with E-state index in [0.29, 0.717) is 30.1 Å². The van der Waals surface area contributed by atoms with Gasteiger partial charge in [0.05, 0.1) is 19.1 Å². The molecule has 0 atom stereocenters. The molecule has 6 heteroatoms. The molecule has 134 valence electrons. The molecule has 1 rings (SSSR count). The van der Waals surface area contributed by atoms with Crippen molar-refractivity contribution in [2.45, 2.75) is 40.0 Å². The molecule has 0 bridgehead atoms. The molecule has 6 nitrogen and oxygen atoms in total. The van der Waals surface area contributed by atoms with E-state index in [1.807, 2.05) is 0 Å². The molecule has 0 unspecified atom stereocenters. The summed E-state index contributed by atoms with van der Waals surface area (Å²) in [5.41, 5.74) is -0.426. The first kappa shape index (κ1) is 19.8.